The third-order valence-corrected chi connectivity index (χ3v) is 7.41. The van der Waals surface area contributed by atoms with Crippen molar-refractivity contribution in [1.82, 2.24) is 25.5 Å². The van der Waals surface area contributed by atoms with Gasteiger partial charge in [-0.2, -0.15) is 0 Å². The van der Waals surface area contributed by atoms with Crippen LogP contribution in [-0.4, -0.2) is 52.4 Å². The first kappa shape index (κ1) is 21.3. The fourth-order valence-corrected chi connectivity index (χ4v) is 5.53. The molecule has 0 radical (unpaired) electrons. The highest BCUT2D eigenvalue weighted by Crippen LogP contribution is 2.41. The zero-order chi connectivity index (χ0) is 21.4. The zero-order valence-corrected chi connectivity index (χ0v) is 18.7. The second-order valence-electron chi connectivity index (χ2n) is 10.3. The summed E-state index contributed by atoms with van der Waals surface area (Å²) in [5.41, 5.74) is 1.56. The first-order chi connectivity index (χ1) is 14.3. The maximum atomic E-state index is 13.3. The van der Waals surface area contributed by atoms with Crippen LogP contribution in [0, 0.1) is 11.3 Å². The molecule has 2 aliphatic heterocycles. The summed E-state index contributed by atoms with van der Waals surface area (Å²) in [6.45, 7) is 8.46. The first-order valence-corrected chi connectivity index (χ1v) is 11.7. The van der Waals surface area contributed by atoms with Gasteiger partial charge in [-0.05, 0) is 31.6 Å². The van der Waals surface area contributed by atoms with Crippen molar-refractivity contribution in [2.75, 3.05) is 19.6 Å². The van der Waals surface area contributed by atoms with E-state index >= 15 is 0 Å². The standard InChI is InChI=1S/C23H37N5O2/c1-16(2)14-24-20(29)18-13-17-19(26-15-25-17)23(27-18)9-11-28(12-10-23)21(30)22(3)7-5-4-6-8-22/h15-16,18,27H,4-14H2,1-3H3,(H,24,29)(H,25,26). The topological polar surface area (TPSA) is 90.1 Å². The third-order valence-electron chi connectivity index (χ3n) is 7.41. The number of carbonyl (C=O) groups is 2. The minimum Gasteiger partial charge on any atom is -0.354 e. The minimum atomic E-state index is -0.336. The van der Waals surface area contributed by atoms with Gasteiger partial charge in [-0.3, -0.25) is 14.9 Å². The Morgan fingerprint density at radius 2 is 1.90 bits per heavy atom. The van der Waals surface area contributed by atoms with Gasteiger partial charge in [0.05, 0.1) is 23.6 Å². The second-order valence-corrected chi connectivity index (χ2v) is 10.3. The number of aromatic amines is 1. The van der Waals surface area contributed by atoms with Crippen molar-refractivity contribution >= 4 is 11.8 Å². The molecule has 7 heteroatoms. The molecular weight excluding hydrogens is 378 g/mol. The number of fused-ring (bicyclic) bond motifs is 2. The molecule has 1 atom stereocenters. The van der Waals surface area contributed by atoms with Crippen LogP contribution < -0.4 is 10.6 Å². The van der Waals surface area contributed by atoms with Crippen LogP contribution in [0.2, 0.25) is 0 Å². The summed E-state index contributed by atoms with van der Waals surface area (Å²) < 4.78 is 0. The molecule has 166 valence electrons. The van der Waals surface area contributed by atoms with Gasteiger partial charge in [0.15, 0.2) is 0 Å². The highest BCUT2D eigenvalue weighted by Gasteiger charge is 2.48. The smallest absolute Gasteiger partial charge is 0.237 e. The number of piperidine rings is 1. The van der Waals surface area contributed by atoms with Gasteiger partial charge in [-0.1, -0.05) is 40.0 Å². The van der Waals surface area contributed by atoms with Crippen molar-refractivity contribution in [1.29, 1.82) is 0 Å². The van der Waals surface area contributed by atoms with Crippen LogP contribution in [0.1, 0.15) is 77.1 Å². The number of nitrogens with one attached hydrogen (secondary N) is 3. The molecule has 1 saturated heterocycles. The Morgan fingerprint density at radius 3 is 2.57 bits per heavy atom. The number of likely N-dealkylation sites (tertiary alicyclic amines) is 1. The Morgan fingerprint density at radius 1 is 1.20 bits per heavy atom. The predicted octanol–water partition coefficient (Wildman–Crippen LogP) is 2.48. The highest BCUT2D eigenvalue weighted by molar-refractivity contribution is 5.83. The van der Waals surface area contributed by atoms with E-state index in [4.69, 9.17) is 0 Å². The van der Waals surface area contributed by atoms with Crippen molar-refractivity contribution < 1.29 is 9.59 Å². The van der Waals surface area contributed by atoms with Crippen LogP contribution in [0.25, 0.3) is 0 Å². The molecule has 2 amide bonds. The van der Waals surface area contributed by atoms with Crippen molar-refractivity contribution in [2.45, 2.75) is 83.7 Å². The van der Waals surface area contributed by atoms with Crippen molar-refractivity contribution in [3.05, 3.63) is 17.7 Å². The Kier molecular flexibility index (Phi) is 5.93. The van der Waals surface area contributed by atoms with Gasteiger partial charge in [-0.25, -0.2) is 4.98 Å². The summed E-state index contributed by atoms with van der Waals surface area (Å²) in [6, 6.07) is -0.269. The summed E-state index contributed by atoms with van der Waals surface area (Å²) in [6.07, 6.45) is 9.53. The monoisotopic (exact) mass is 415 g/mol. The van der Waals surface area contributed by atoms with E-state index in [-0.39, 0.29) is 22.9 Å². The summed E-state index contributed by atoms with van der Waals surface area (Å²) in [4.78, 5) is 36.0. The summed E-state index contributed by atoms with van der Waals surface area (Å²) in [7, 11) is 0. The predicted molar refractivity (Wildman–Crippen MR) is 116 cm³/mol. The van der Waals surface area contributed by atoms with E-state index in [2.05, 4.69) is 46.3 Å². The minimum absolute atomic E-state index is 0.0524. The average Bonchev–Trinajstić information content (AvgIpc) is 3.22. The van der Waals surface area contributed by atoms with Gasteiger partial charge in [0.2, 0.25) is 11.8 Å². The van der Waals surface area contributed by atoms with Crippen molar-refractivity contribution in [3.63, 3.8) is 0 Å². The first-order valence-electron chi connectivity index (χ1n) is 11.7. The van der Waals surface area contributed by atoms with Gasteiger partial charge in [0, 0.05) is 37.2 Å². The molecule has 2 fully saturated rings. The van der Waals surface area contributed by atoms with Crippen molar-refractivity contribution in [2.24, 2.45) is 11.3 Å². The van der Waals surface area contributed by atoms with E-state index in [0.717, 1.165) is 49.9 Å². The molecule has 1 saturated carbocycles. The van der Waals surface area contributed by atoms with Crippen molar-refractivity contribution in [3.8, 4) is 0 Å². The lowest BCUT2D eigenvalue weighted by atomic mass is 9.73. The van der Waals surface area contributed by atoms with Crippen LogP contribution in [-0.2, 0) is 21.5 Å². The number of H-pyrrole nitrogens is 1. The van der Waals surface area contributed by atoms with Gasteiger partial charge in [0.25, 0.3) is 0 Å². The van der Waals surface area contributed by atoms with Crippen LogP contribution >= 0.6 is 0 Å². The number of aromatic nitrogens is 2. The number of carbonyl (C=O) groups excluding carboxylic acids is 2. The third kappa shape index (κ3) is 4.01. The summed E-state index contributed by atoms with van der Waals surface area (Å²) >= 11 is 0. The molecule has 3 aliphatic rings. The van der Waals surface area contributed by atoms with Crippen LogP contribution in [0.4, 0.5) is 0 Å². The van der Waals surface area contributed by atoms with Gasteiger partial charge < -0.3 is 15.2 Å². The molecule has 0 aromatic carbocycles. The highest BCUT2D eigenvalue weighted by atomic mass is 16.2. The molecule has 0 bridgehead atoms. The molecule has 3 heterocycles. The lowest BCUT2D eigenvalue weighted by Gasteiger charge is -2.47. The maximum Gasteiger partial charge on any atom is 0.237 e. The lowest BCUT2D eigenvalue weighted by molar-refractivity contribution is -0.145. The molecule has 7 nitrogen and oxygen atoms in total. The number of amides is 2. The molecular formula is C23H37N5O2. The largest absolute Gasteiger partial charge is 0.354 e. The second kappa shape index (κ2) is 8.33. The number of rotatable bonds is 4. The van der Waals surface area contributed by atoms with Gasteiger partial charge in [-0.15, -0.1) is 0 Å². The van der Waals surface area contributed by atoms with E-state index < -0.39 is 0 Å². The Labute approximate surface area is 179 Å². The number of hydrogen-bond acceptors (Lipinski definition) is 4. The molecule has 1 aromatic rings. The zero-order valence-electron chi connectivity index (χ0n) is 18.7. The van der Waals surface area contributed by atoms with E-state index in [1.165, 1.54) is 6.42 Å². The normalized spacial score (nSPS) is 25.2. The van der Waals surface area contributed by atoms with E-state index in [9.17, 15) is 9.59 Å². The molecule has 1 aliphatic carbocycles. The lowest BCUT2D eigenvalue weighted by Crippen LogP contribution is -2.62. The van der Waals surface area contributed by atoms with E-state index in [1.54, 1.807) is 6.33 Å². The van der Waals surface area contributed by atoms with Gasteiger partial charge in [0.1, 0.15) is 0 Å². The van der Waals surface area contributed by atoms with Crippen LogP contribution in [0.15, 0.2) is 6.33 Å². The van der Waals surface area contributed by atoms with E-state index in [1.807, 2.05) is 0 Å². The average molecular weight is 416 g/mol. The Bertz CT molecular complexity index is 772. The van der Waals surface area contributed by atoms with Gasteiger partial charge >= 0.3 is 0 Å². The molecule has 3 N–H and O–H groups in total. The molecule has 1 spiro atoms. The fraction of sp³-hybridized carbons (Fsp3) is 0.783. The van der Waals surface area contributed by atoms with Crippen LogP contribution in [0.3, 0.4) is 0 Å². The van der Waals surface area contributed by atoms with Crippen LogP contribution in [0.5, 0.6) is 0 Å². The molecule has 30 heavy (non-hydrogen) atoms. The molecule has 1 unspecified atom stereocenters. The Hall–Kier alpha value is -1.89. The number of hydrogen-bond donors (Lipinski definition) is 3. The summed E-state index contributed by atoms with van der Waals surface area (Å²) in [5.74, 6) is 0.794. The van der Waals surface area contributed by atoms with E-state index in [0.29, 0.717) is 37.9 Å². The number of imidazole rings is 1. The fourth-order valence-electron chi connectivity index (χ4n) is 5.53. The number of nitrogens with zero attached hydrogens (tertiary/aromatic N) is 2. The quantitative estimate of drug-likeness (QED) is 0.705. The summed E-state index contributed by atoms with van der Waals surface area (Å²) in [5, 5.41) is 6.72. The maximum absolute atomic E-state index is 13.3. The Balaban J connectivity index is 1.46. The molecule has 1 aromatic heterocycles. The SMILES string of the molecule is CC(C)CNC(=O)C1Cc2[nH]cnc2C2(CCN(C(=O)C3(C)CCCCC3)CC2)N1. The molecule has 4 rings (SSSR count).